The van der Waals surface area contributed by atoms with Gasteiger partial charge in [0.25, 0.3) is 0 Å². The second-order valence-corrected chi connectivity index (χ2v) is 6.24. The quantitative estimate of drug-likeness (QED) is 0.639. The number of hydrogen-bond donors (Lipinski definition) is 2. The number of carbonyl (C=O) groups excluding carboxylic acids is 1. The number of unbranched alkanes of at least 4 members (excludes halogenated alkanes) is 3. The maximum absolute atomic E-state index is 11.8. The first kappa shape index (κ1) is 17.4. The van der Waals surface area contributed by atoms with E-state index in [1.807, 2.05) is 0 Å². The molecule has 1 amide bonds. The van der Waals surface area contributed by atoms with Crippen LogP contribution in [0.1, 0.15) is 58.8 Å². The summed E-state index contributed by atoms with van der Waals surface area (Å²) in [5.74, 6) is 1.18. The van der Waals surface area contributed by atoms with Gasteiger partial charge in [0.05, 0.1) is 6.10 Å². The fraction of sp³-hybridized carbons (Fsp3) is 0.938. The maximum atomic E-state index is 11.8. The minimum Gasteiger partial charge on any atom is -0.378 e. The molecule has 0 aromatic heterocycles. The van der Waals surface area contributed by atoms with Gasteiger partial charge in [0, 0.05) is 25.5 Å². The zero-order valence-corrected chi connectivity index (χ0v) is 13.2. The summed E-state index contributed by atoms with van der Waals surface area (Å²) in [5, 5.41) is 3.08. The van der Waals surface area contributed by atoms with Gasteiger partial charge >= 0.3 is 0 Å². The van der Waals surface area contributed by atoms with Crippen LogP contribution in [0.4, 0.5) is 0 Å². The molecule has 1 aliphatic heterocycles. The number of carbonyl (C=O) groups is 1. The van der Waals surface area contributed by atoms with Crippen molar-refractivity contribution in [2.45, 2.75) is 64.9 Å². The third kappa shape index (κ3) is 6.71. The molecule has 118 valence electrons. The average molecular weight is 284 g/mol. The topological polar surface area (TPSA) is 64.3 Å². The van der Waals surface area contributed by atoms with Gasteiger partial charge in [0.1, 0.15) is 0 Å². The van der Waals surface area contributed by atoms with E-state index in [9.17, 15) is 4.79 Å². The lowest BCUT2D eigenvalue weighted by molar-refractivity contribution is -0.122. The van der Waals surface area contributed by atoms with E-state index in [1.54, 1.807) is 0 Å². The first-order chi connectivity index (χ1) is 9.65. The van der Waals surface area contributed by atoms with Crippen molar-refractivity contribution in [3.05, 3.63) is 0 Å². The lowest BCUT2D eigenvalue weighted by Crippen LogP contribution is -2.41. The van der Waals surface area contributed by atoms with Crippen molar-refractivity contribution in [2.24, 2.45) is 17.6 Å². The summed E-state index contributed by atoms with van der Waals surface area (Å²) < 4.78 is 5.85. The highest BCUT2D eigenvalue weighted by atomic mass is 16.5. The average Bonchev–Trinajstić information content (AvgIpc) is 2.45. The van der Waals surface area contributed by atoms with E-state index in [-0.39, 0.29) is 5.91 Å². The summed E-state index contributed by atoms with van der Waals surface area (Å²) >= 11 is 0. The Bertz CT molecular complexity index is 269. The Morgan fingerprint density at radius 3 is 2.75 bits per heavy atom. The van der Waals surface area contributed by atoms with Crippen LogP contribution >= 0.6 is 0 Å². The van der Waals surface area contributed by atoms with Crippen LogP contribution in [0.15, 0.2) is 0 Å². The molecule has 20 heavy (non-hydrogen) atoms. The summed E-state index contributed by atoms with van der Waals surface area (Å²) in [6.45, 7) is 6.79. The third-order valence-electron chi connectivity index (χ3n) is 4.07. The van der Waals surface area contributed by atoms with E-state index in [4.69, 9.17) is 10.5 Å². The fourth-order valence-corrected chi connectivity index (χ4v) is 2.94. The van der Waals surface area contributed by atoms with E-state index in [0.717, 1.165) is 51.8 Å². The van der Waals surface area contributed by atoms with Crippen LogP contribution in [0.2, 0.25) is 0 Å². The number of nitrogens with one attached hydrogen (secondary N) is 1. The van der Waals surface area contributed by atoms with Gasteiger partial charge in [0.2, 0.25) is 5.91 Å². The highest BCUT2D eigenvalue weighted by Gasteiger charge is 2.28. The predicted molar refractivity (Wildman–Crippen MR) is 82.5 cm³/mol. The minimum atomic E-state index is 0.186. The Hall–Kier alpha value is -0.610. The van der Waals surface area contributed by atoms with Gasteiger partial charge in [-0.2, -0.15) is 0 Å². The Morgan fingerprint density at radius 1 is 1.30 bits per heavy atom. The monoisotopic (exact) mass is 284 g/mol. The van der Waals surface area contributed by atoms with Gasteiger partial charge in [-0.25, -0.2) is 0 Å². The van der Waals surface area contributed by atoms with Crippen molar-refractivity contribution in [2.75, 3.05) is 19.7 Å². The lowest BCUT2D eigenvalue weighted by atomic mass is 9.87. The zero-order valence-electron chi connectivity index (χ0n) is 13.2. The second kappa shape index (κ2) is 10.2. The van der Waals surface area contributed by atoms with Gasteiger partial charge in [-0.15, -0.1) is 0 Å². The van der Waals surface area contributed by atoms with E-state index >= 15 is 0 Å². The van der Waals surface area contributed by atoms with Crippen LogP contribution in [0, 0.1) is 11.8 Å². The van der Waals surface area contributed by atoms with Gasteiger partial charge in [-0.1, -0.05) is 26.7 Å². The minimum absolute atomic E-state index is 0.186. The number of hydrogen-bond acceptors (Lipinski definition) is 3. The van der Waals surface area contributed by atoms with Crippen molar-refractivity contribution < 1.29 is 9.53 Å². The fourth-order valence-electron chi connectivity index (χ4n) is 2.94. The summed E-state index contributed by atoms with van der Waals surface area (Å²) in [4.78, 5) is 11.8. The lowest BCUT2D eigenvalue weighted by Gasteiger charge is -2.34. The van der Waals surface area contributed by atoms with E-state index in [1.165, 1.54) is 6.42 Å². The predicted octanol–water partition coefficient (Wildman–Crippen LogP) is 2.46. The molecule has 1 aliphatic rings. The SMILES string of the molecule is CC(C)C1OCCCC1CNC(=O)CCCCCCN. The van der Waals surface area contributed by atoms with E-state index in [2.05, 4.69) is 19.2 Å². The van der Waals surface area contributed by atoms with E-state index in [0.29, 0.717) is 24.4 Å². The molecular formula is C16H32N2O2. The Kier molecular flexibility index (Phi) is 8.86. The van der Waals surface area contributed by atoms with Crippen molar-refractivity contribution in [1.82, 2.24) is 5.32 Å². The molecule has 0 aliphatic carbocycles. The molecule has 0 aromatic carbocycles. The largest absolute Gasteiger partial charge is 0.378 e. The molecule has 2 unspecified atom stereocenters. The highest BCUT2D eigenvalue weighted by Crippen LogP contribution is 2.25. The van der Waals surface area contributed by atoms with Crippen LogP contribution in [-0.2, 0) is 9.53 Å². The second-order valence-electron chi connectivity index (χ2n) is 6.24. The van der Waals surface area contributed by atoms with Crippen LogP contribution < -0.4 is 11.1 Å². The molecule has 4 heteroatoms. The molecule has 0 saturated carbocycles. The molecule has 0 radical (unpaired) electrons. The van der Waals surface area contributed by atoms with Crippen molar-refractivity contribution in [1.29, 1.82) is 0 Å². The molecule has 1 heterocycles. The molecule has 0 spiro atoms. The van der Waals surface area contributed by atoms with Crippen LogP contribution in [-0.4, -0.2) is 31.7 Å². The summed E-state index contributed by atoms with van der Waals surface area (Å²) in [7, 11) is 0. The van der Waals surface area contributed by atoms with Crippen molar-refractivity contribution >= 4 is 5.91 Å². The van der Waals surface area contributed by atoms with Gasteiger partial charge in [0.15, 0.2) is 0 Å². The molecule has 4 nitrogen and oxygen atoms in total. The first-order valence-corrected chi connectivity index (χ1v) is 8.23. The molecule has 0 aromatic rings. The van der Waals surface area contributed by atoms with E-state index < -0.39 is 0 Å². The smallest absolute Gasteiger partial charge is 0.220 e. The highest BCUT2D eigenvalue weighted by molar-refractivity contribution is 5.75. The Balaban J connectivity index is 2.15. The maximum Gasteiger partial charge on any atom is 0.220 e. The van der Waals surface area contributed by atoms with Crippen LogP contribution in [0.25, 0.3) is 0 Å². The van der Waals surface area contributed by atoms with Gasteiger partial charge in [-0.3, -0.25) is 4.79 Å². The first-order valence-electron chi connectivity index (χ1n) is 8.23. The number of ether oxygens (including phenoxy) is 1. The third-order valence-corrected chi connectivity index (χ3v) is 4.07. The molecule has 1 fully saturated rings. The molecule has 0 bridgehead atoms. The molecule has 3 N–H and O–H groups in total. The van der Waals surface area contributed by atoms with Crippen molar-refractivity contribution in [3.63, 3.8) is 0 Å². The number of nitrogens with two attached hydrogens (primary N) is 1. The summed E-state index contributed by atoms with van der Waals surface area (Å²) in [5.41, 5.74) is 5.45. The van der Waals surface area contributed by atoms with Gasteiger partial charge in [-0.05, 0) is 38.1 Å². The Labute approximate surface area is 123 Å². The zero-order chi connectivity index (χ0) is 14.8. The normalized spacial score (nSPS) is 23.0. The summed E-state index contributed by atoms with van der Waals surface area (Å²) in [6.07, 6.45) is 7.50. The molecule has 1 saturated heterocycles. The van der Waals surface area contributed by atoms with Crippen LogP contribution in [0.5, 0.6) is 0 Å². The standard InChI is InChI=1S/C16H32N2O2/c1-13(2)16-14(8-7-11-20-16)12-18-15(19)9-5-3-4-6-10-17/h13-14,16H,3-12,17H2,1-2H3,(H,18,19). The number of amides is 1. The van der Waals surface area contributed by atoms with Crippen molar-refractivity contribution in [3.8, 4) is 0 Å². The number of rotatable bonds is 9. The molecular weight excluding hydrogens is 252 g/mol. The van der Waals surface area contributed by atoms with Crippen LogP contribution in [0.3, 0.4) is 0 Å². The molecule has 2 atom stereocenters. The molecule has 1 rings (SSSR count). The van der Waals surface area contributed by atoms with Gasteiger partial charge < -0.3 is 15.8 Å². The Morgan fingerprint density at radius 2 is 2.05 bits per heavy atom. The summed E-state index contributed by atoms with van der Waals surface area (Å²) in [6, 6.07) is 0.